The summed E-state index contributed by atoms with van der Waals surface area (Å²) in [7, 11) is 1.57. The van der Waals surface area contributed by atoms with Crippen molar-refractivity contribution in [3.63, 3.8) is 0 Å². The molecule has 0 aromatic heterocycles. The Labute approximate surface area is 185 Å². The normalized spacial score (nSPS) is 14.9. The summed E-state index contributed by atoms with van der Waals surface area (Å²) in [6.07, 6.45) is 1.69. The minimum Gasteiger partial charge on any atom is -0.493 e. The van der Waals surface area contributed by atoms with Gasteiger partial charge >= 0.3 is 0 Å². The average Bonchev–Trinajstić information content (AvgIpc) is 3.07. The maximum atomic E-state index is 12.8. The maximum Gasteiger partial charge on any atom is 0.298 e. The number of rotatable bonds is 6. The van der Waals surface area contributed by atoms with Gasteiger partial charge in [-0.3, -0.25) is 9.59 Å². The van der Waals surface area contributed by atoms with Gasteiger partial charge in [0.1, 0.15) is 6.61 Å². The van der Waals surface area contributed by atoms with Crippen LogP contribution < -0.4 is 14.4 Å². The molecule has 0 aliphatic carbocycles. The van der Waals surface area contributed by atoms with E-state index in [1.165, 1.54) is 10.5 Å². The molecule has 0 unspecified atom stereocenters. The van der Waals surface area contributed by atoms with Crippen molar-refractivity contribution in [2.45, 2.75) is 13.5 Å². The third-order valence-corrected chi connectivity index (χ3v) is 5.68. The summed E-state index contributed by atoms with van der Waals surface area (Å²) in [5, 5.41) is -0.313. The largest absolute Gasteiger partial charge is 0.493 e. The highest BCUT2D eigenvalue weighted by Gasteiger charge is 2.36. The van der Waals surface area contributed by atoms with Gasteiger partial charge in [0, 0.05) is 0 Å². The van der Waals surface area contributed by atoms with Gasteiger partial charge in [0.25, 0.3) is 11.1 Å². The number of amides is 2. The van der Waals surface area contributed by atoms with Crippen molar-refractivity contribution >= 4 is 34.7 Å². The molecule has 31 heavy (non-hydrogen) atoms. The SMILES string of the molecule is COc1cc(/C=C2\SC(=O)N(c3ccccc3)C2=O)ccc1OCc1ccc(C)cc1. The van der Waals surface area contributed by atoms with E-state index in [0.717, 1.165) is 22.9 Å². The number of carbonyl (C=O) groups excluding carboxylic acids is 2. The van der Waals surface area contributed by atoms with Crippen LogP contribution in [0.4, 0.5) is 10.5 Å². The maximum absolute atomic E-state index is 12.8. The van der Waals surface area contributed by atoms with E-state index in [0.29, 0.717) is 28.7 Å². The van der Waals surface area contributed by atoms with E-state index >= 15 is 0 Å². The van der Waals surface area contributed by atoms with Gasteiger partial charge in [-0.2, -0.15) is 0 Å². The van der Waals surface area contributed by atoms with E-state index in [2.05, 4.69) is 0 Å². The lowest BCUT2D eigenvalue weighted by Gasteiger charge is -2.12. The average molecular weight is 432 g/mol. The van der Waals surface area contributed by atoms with Gasteiger partial charge < -0.3 is 9.47 Å². The molecule has 3 aromatic rings. The second-order valence-electron chi connectivity index (χ2n) is 7.04. The molecule has 6 heteroatoms. The van der Waals surface area contributed by atoms with E-state index in [4.69, 9.17) is 9.47 Å². The monoisotopic (exact) mass is 431 g/mol. The van der Waals surface area contributed by atoms with Gasteiger partial charge in [-0.05, 0) is 60.2 Å². The summed E-state index contributed by atoms with van der Waals surface area (Å²) in [5.41, 5.74) is 3.57. The fourth-order valence-electron chi connectivity index (χ4n) is 3.16. The van der Waals surface area contributed by atoms with Crippen LogP contribution in [0.2, 0.25) is 0 Å². The van der Waals surface area contributed by atoms with Crippen LogP contribution in [-0.2, 0) is 11.4 Å². The highest BCUT2D eigenvalue weighted by Crippen LogP contribution is 2.37. The Hall–Kier alpha value is -3.51. The Morgan fingerprint density at radius 1 is 0.935 bits per heavy atom. The molecular formula is C25H21NO4S. The zero-order chi connectivity index (χ0) is 21.8. The second-order valence-corrected chi connectivity index (χ2v) is 8.03. The van der Waals surface area contributed by atoms with Gasteiger partial charge in [-0.1, -0.05) is 54.1 Å². The molecule has 156 valence electrons. The molecule has 0 bridgehead atoms. The predicted octanol–water partition coefficient (Wildman–Crippen LogP) is 5.82. The molecule has 1 heterocycles. The molecule has 2 amide bonds. The van der Waals surface area contributed by atoms with Crippen molar-refractivity contribution in [1.29, 1.82) is 0 Å². The van der Waals surface area contributed by atoms with Crippen molar-refractivity contribution < 1.29 is 19.1 Å². The van der Waals surface area contributed by atoms with Gasteiger partial charge in [-0.15, -0.1) is 0 Å². The zero-order valence-corrected chi connectivity index (χ0v) is 18.0. The molecule has 1 saturated heterocycles. The molecule has 4 rings (SSSR count). The summed E-state index contributed by atoms with van der Waals surface area (Å²) in [4.78, 5) is 26.7. The number of anilines is 1. The van der Waals surface area contributed by atoms with E-state index in [-0.39, 0.29) is 11.1 Å². The van der Waals surface area contributed by atoms with Crippen LogP contribution in [0.15, 0.2) is 77.7 Å². The molecule has 1 fully saturated rings. The van der Waals surface area contributed by atoms with Crippen LogP contribution >= 0.6 is 11.8 Å². The Bertz CT molecular complexity index is 1140. The van der Waals surface area contributed by atoms with Crippen LogP contribution in [0.5, 0.6) is 11.5 Å². The Morgan fingerprint density at radius 3 is 2.39 bits per heavy atom. The Balaban J connectivity index is 1.52. The minimum absolute atomic E-state index is 0.313. The number of ether oxygens (including phenoxy) is 2. The molecule has 0 radical (unpaired) electrons. The molecule has 3 aromatic carbocycles. The molecule has 0 spiro atoms. The lowest BCUT2D eigenvalue weighted by molar-refractivity contribution is -0.113. The Morgan fingerprint density at radius 2 is 1.68 bits per heavy atom. The number of para-hydroxylation sites is 1. The number of benzene rings is 3. The van der Waals surface area contributed by atoms with E-state index in [9.17, 15) is 9.59 Å². The molecular weight excluding hydrogens is 410 g/mol. The van der Waals surface area contributed by atoms with Gasteiger partial charge in [0.15, 0.2) is 11.5 Å². The second kappa shape index (κ2) is 9.10. The number of methoxy groups -OCH3 is 1. The number of nitrogens with zero attached hydrogens (tertiary/aromatic N) is 1. The smallest absolute Gasteiger partial charge is 0.298 e. The summed E-state index contributed by atoms with van der Waals surface area (Å²) in [6, 6.07) is 22.5. The molecule has 1 aliphatic heterocycles. The highest BCUT2D eigenvalue weighted by atomic mass is 32.2. The van der Waals surface area contributed by atoms with Crippen molar-refractivity contribution in [3.05, 3.63) is 94.4 Å². The molecule has 0 atom stereocenters. The topological polar surface area (TPSA) is 55.8 Å². The van der Waals surface area contributed by atoms with Gasteiger partial charge in [-0.25, -0.2) is 4.90 Å². The molecule has 0 saturated carbocycles. The lowest BCUT2D eigenvalue weighted by Crippen LogP contribution is -2.27. The molecule has 1 aliphatic rings. The van der Waals surface area contributed by atoms with E-state index in [1.807, 2.05) is 43.3 Å². The molecule has 0 N–H and O–H groups in total. The number of hydrogen-bond donors (Lipinski definition) is 0. The zero-order valence-electron chi connectivity index (χ0n) is 17.2. The quantitative estimate of drug-likeness (QED) is 0.460. The fourth-order valence-corrected chi connectivity index (χ4v) is 4.00. The lowest BCUT2D eigenvalue weighted by atomic mass is 10.1. The van der Waals surface area contributed by atoms with Crippen molar-refractivity contribution in [3.8, 4) is 11.5 Å². The van der Waals surface area contributed by atoms with E-state index in [1.54, 1.807) is 49.6 Å². The summed E-state index contributed by atoms with van der Waals surface area (Å²) in [5.74, 6) is 0.834. The standard InChI is InChI=1S/C25H21NO4S/c1-17-8-10-18(11-9-17)16-30-21-13-12-19(14-22(21)29-2)15-23-24(27)26(25(28)31-23)20-6-4-3-5-7-20/h3-15H,16H2,1-2H3/b23-15-. The summed E-state index contributed by atoms with van der Waals surface area (Å²) in [6.45, 7) is 2.47. The van der Waals surface area contributed by atoms with Crippen molar-refractivity contribution in [2.24, 2.45) is 0 Å². The van der Waals surface area contributed by atoms with Crippen molar-refractivity contribution in [1.82, 2.24) is 0 Å². The van der Waals surface area contributed by atoms with Crippen molar-refractivity contribution in [2.75, 3.05) is 12.0 Å². The number of imide groups is 1. The third-order valence-electron chi connectivity index (χ3n) is 4.81. The first kappa shape index (κ1) is 20.8. The van der Waals surface area contributed by atoms with Crippen LogP contribution in [0.1, 0.15) is 16.7 Å². The first-order valence-electron chi connectivity index (χ1n) is 9.74. The summed E-state index contributed by atoms with van der Waals surface area (Å²) >= 11 is 0.924. The number of thioether (sulfide) groups is 1. The van der Waals surface area contributed by atoms with Crippen LogP contribution in [0.3, 0.4) is 0 Å². The first-order chi connectivity index (χ1) is 15.0. The van der Waals surface area contributed by atoms with Gasteiger partial charge in [0.2, 0.25) is 0 Å². The molecule has 5 nitrogen and oxygen atoms in total. The van der Waals surface area contributed by atoms with Crippen LogP contribution in [-0.4, -0.2) is 18.3 Å². The Kier molecular flexibility index (Phi) is 6.09. The fraction of sp³-hybridized carbons (Fsp3) is 0.120. The summed E-state index contributed by atoms with van der Waals surface area (Å²) < 4.78 is 11.4. The number of aryl methyl sites for hydroxylation is 1. The van der Waals surface area contributed by atoms with Crippen LogP contribution in [0.25, 0.3) is 6.08 Å². The third kappa shape index (κ3) is 4.64. The minimum atomic E-state index is -0.333. The highest BCUT2D eigenvalue weighted by molar-refractivity contribution is 8.19. The number of hydrogen-bond acceptors (Lipinski definition) is 5. The van der Waals surface area contributed by atoms with Gasteiger partial charge in [0.05, 0.1) is 17.7 Å². The van der Waals surface area contributed by atoms with Crippen LogP contribution in [0, 0.1) is 6.92 Å². The predicted molar refractivity (Wildman–Crippen MR) is 123 cm³/mol. The van der Waals surface area contributed by atoms with E-state index < -0.39 is 0 Å². The first-order valence-corrected chi connectivity index (χ1v) is 10.6. The number of carbonyl (C=O) groups is 2.